The Morgan fingerprint density at radius 3 is 2.52 bits per heavy atom. The Morgan fingerprint density at radius 2 is 1.74 bits per heavy atom. The molecule has 2 N–H and O–H groups in total. The first-order chi connectivity index (χ1) is 14.8. The molecule has 0 amide bonds. The minimum Gasteiger partial charge on any atom is -0.356 e. The van der Waals surface area contributed by atoms with E-state index in [1.807, 2.05) is 28.8 Å². The first-order valence-corrected chi connectivity index (χ1v) is 10.4. The van der Waals surface area contributed by atoms with Crippen molar-refractivity contribution in [3.8, 4) is 0 Å². The second kappa shape index (κ2) is 13.7. The predicted molar refractivity (Wildman–Crippen MR) is 133 cm³/mol. The Morgan fingerprint density at radius 1 is 1.00 bits per heavy atom. The number of benzene rings is 2. The van der Waals surface area contributed by atoms with Crippen LogP contribution in [-0.2, 0) is 25.8 Å². The molecule has 0 fully saturated rings. The van der Waals surface area contributed by atoms with Gasteiger partial charge in [0.05, 0.1) is 0 Å². The van der Waals surface area contributed by atoms with Gasteiger partial charge in [-0.25, -0.2) is 4.39 Å². The van der Waals surface area contributed by atoms with Gasteiger partial charge in [0.1, 0.15) is 18.0 Å². The van der Waals surface area contributed by atoms with Crippen LogP contribution in [-0.4, -0.2) is 40.4 Å². The highest BCUT2D eigenvalue weighted by Gasteiger charge is 2.04. The van der Waals surface area contributed by atoms with Crippen molar-refractivity contribution in [2.24, 2.45) is 4.99 Å². The molecule has 8 heteroatoms. The third-order valence-electron chi connectivity index (χ3n) is 4.81. The number of nitrogens with one attached hydrogen (secondary N) is 2. The number of aromatic nitrogens is 3. The topological polar surface area (TPSA) is 67.1 Å². The summed E-state index contributed by atoms with van der Waals surface area (Å²) in [5.74, 6) is 1.51. The zero-order valence-corrected chi connectivity index (χ0v) is 20.1. The van der Waals surface area contributed by atoms with Crippen LogP contribution in [0.1, 0.15) is 23.9 Å². The summed E-state index contributed by atoms with van der Waals surface area (Å²) in [6, 6.07) is 17.2. The van der Waals surface area contributed by atoms with E-state index < -0.39 is 0 Å². The number of aliphatic imine (C=N–C) groups is 1. The highest BCUT2D eigenvalue weighted by Crippen LogP contribution is 2.07. The summed E-state index contributed by atoms with van der Waals surface area (Å²) >= 11 is 0. The minimum atomic E-state index is -0.182. The molecule has 2 aromatic carbocycles. The Kier molecular flexibility index (Phi) is 11.0. The lowest BCUT2D eigenvalue weighted by Crippen LogP contribution is -2.40. The highest BCUT2D eigenvalue weighted by atomic mass is 127. The third-order valence-corrected chi connectivity index (χ3v) is 4.81. The van der Waals surface area contributed by atoms with Crippen molar-refractivity contribution < 1.29 is 4.39 Å². The number of aryl methyl sites for hydroxylation is 1. The Bertz CT molecular complexity index is 929. The van der Waals surface area contributed by atoms with Crippen LogP contribution < -0.4 is 10.6 Å². The van der Waals surface area contributed by atoms with Gasteiger partial charge in [0, 0.05) is 32.6 Å². The number of hydrogen-bond donors (Lipinski definition) is 2. The Labute approximate surface area is 200 Å². The average molecular weight is 536 g/mol. The molecule has 31 heavy (non-hydrogen) atoms. The number of halogens is 2. The van der Waals surface area contributed by atoms with E-state index in [0.717, 1.165) is 37.7 Å². The first-order valence-electron chi connectivity index (χ1n) is 10.4. The first kappa shape index (κ1) is 24.8. The van der Waals surface area contributed by atoms with Gasteiger partial charge in [0.15, 0.2) is 5.96 Å². The van der Waals surface area contributed by atoms with Crippen LogP contribution >= 0.6 is 24.0 Å². The van der Waals surface area contributed by atoms with Crippen LogP contribution in [0.5, 0.6) is 0 Å². The fourth-order valence-electron chi connectivity index (χ4n) is 3.17. The molecule has 166 valence electrons. The summed E-state index contributed by atoms with van der Waals surface area (Å²) in [6.07, 6.45) is 4.06. The third kappa shape index (κ3) is 8.28. The van der Waals surface area contributed by atoms with Crippen molar-refractivity contribution in [3.63, 3.8) is 0 Å². The molecule has 0 atom stereocenters. The fraction of sp³-hybridized carbons (Fsp3) is 0.348. The van der Waals surface area contributed by atoms with E-state index in [1.165, 1.54) is 11.6 Å². The maximum Gasteiger partial charge on any atom is 0.191 e. The summed E-state index contributed by atoms with van der Waals surface area (Å²) in [5, 5.41) is 14.8. The summed E-state index contributed by atoms with van der Waals surface area (Å²) in [7, 11) is 0. The quantitative estimate of drug-likeness (QED) is 0.236. The van der Waals surface area contributed by atoms with Crippen molar-refractivity contribution in [2.75, 3.05) is 19.6 Å². The minimum absolute atomic E-state index is 0. The number of hydrogen-bond acceptors (Lipinski definition) is 3. The van der Waals surface area contributed by atoms with E-state index in [1.54, 1.807) is 18.5 Å². The van der Waals surface area contributed by atoms with Crippen molar-refractivity contribution in [2.45, 2.75) is 32.7 Å². The van der Waals surface area contributed by atoms with Crippen LogP contribution in [0.25, 0.3) is 0 Å². The van der Waals surface area contributed by atoms with Gasteiger partial charge in [0.2, 0.25) is 0 Å². The molecule has 3 rings (SSSR count). The lowest BCUT2D eigenvalue weighted by atomic mass is 10.1. The van der Waals surface area contributed by atoms with Crippen LogP contribution in [0.2, 0.25) is 0 Å². The van der Waals surface area contributed by atoms with Crippen molar-refractivity contribution >= 4 is 29.9 Å². The monoisotopic (exact) mass is 536 g/mol. The van der Waals surface area contributed by atoms with Crippen molar-refractivity contribution in [1.82, 2.24) is 25.4 Å². The highest BCUT2D eigenvalue weighted by molar-refractivity contribution is 14.0. The van der Waals surface area contributed by atoms with Crippen LogP contribution in [0.15, 0.2) is 65.9 Å². The van der Waals surface area contributed by atoms with E-state index in [4.69, 9.17) is 0 Å². The zero-order chi connectivity index (χ0) is 21.0. The molecule has 0 aliphatic rings. The van der Waals surface area contributed by atoms with Gasteiger partial charge in [-0.3, -0.25) is 4.99 Å². The van der Waals surface area contributed by atoms with E-state index in [2.05, 4.69) is 44.9 Å². The predicted octanol–water partition coefficient (Wildman–Crippen LogP) is 3.62. The van der Waals surface area contributed by atoms with Crippen molar-refractivity contribution in [3.05, 3.63) is 83.7 Å². The number of rotatable bonds is 10. The van der Waals surface area contributed by atoms with E-state index >= 15 is 0 Å². The fourth-order valence-corrected chi connectivity index (χ4v) is 3.17. The molecule has 0 bridgehead atoms. The van der Waals surface area contributed by atoms with Gasteiger partial charge in [-0.05, 0) is 30.0 Å². The molecule has 0 saturated carbocycles. The molecule has 0 saturated heterocycles. The Balaban J connectivity index is 0.00000341. The maximum absolute atomic E-state index is 13.8. The molecule has 0 aliphatic carbocycles. The molecular formula is C23H30FIN6. The second-order valence-corrected chi connectivity index (χ2v) is 6.96. The molecule has 0 aliphatic heterocycles. The molecule has 3 aromatic rings. The van der Waals surface area contributed by atoms with E-state index in [-0.39, 0.29) is 29.8 Å². The SMILES string of the molecule is CCc1nncn1CCNC(=NCCc1ccccc1F)NCCc1ccccc1.I. The smallest absolute Gasteiger partial charge is 0.191 e. The standard InChI is InChI=1S/C23H29FN6.HI/c1-2-22-29-28-18-30(22)17-16-27-23(25-14-12-19-8-4-3-5-9-19)26-15-13-20-10-6-7-11-21(20)24;/h3-11,18H,2,12-17H2,1H3,(H2,25,26,27);1H. The van der Waals surface area contributed by atoms with Crippen LogP contribution in [0, 0.1) is 5.82 Å². The zero-order valence-electron chi connectivity index (χ0n) is 17.8. The van der Waals surface area contributed by atoms with Gasteiger partial charge in [-0.15, -0.1) is 34.2 Å². The molecule has 0 unspecified atom stereocenters. The normalized spacial score (nSPS) is 11.1. The molecular weight excluding hydrogens is 506 g/mol. The number of nitrogens with zero attached hydrogens (tertiary/aromatic N) is 4. The summed E-state index contributed by atoms with van der Waals surface area (Å²) < 4.78 is 15.9. The van der Waals surface area contributed by atoms with Gasteiger partial charge in [0.25, 0.3) is 0 Å². The molecule has 1 heterocycles. The second-order valence-electron chi connectivity index (χ2n) is 6.96. The lowest BCUT2D eigenvalue weighted by molar-refractivity contribution is 0.608. The van der Waals surface area contributed by atoms with Gasteiger partial charge < -0.3 is 15.2 Å². The summed E-state index contributed by atoms with van der Waals surface area (Å²) in [6.45, 7) is 4.79. The largest absolute Gasteiger partial charge is 0.356 e. The van der Waals surface area contributed by atoms with Crippen molar-refractivity contribution in [1.29, 1.82) is 0 Å². The summed E-state index contributed by atoms with van der Waals surface area (Å²) in [4.78, 5) is 4.64. The van der Waals surface area contributed by atoms with E-state index in [0.29, 0.717) is 25.1 Å². The molecule has 0 radical (unpaired) electrons. The van der Waals surface area contributed by atoms with Crippen LogP contribution in [0.4, 0.5) is 4.39 Å². The average Bonchev–Trinajstić information content (AvgIpc) is 3.23. The lowest BCUT2D eigenvalue weighted by Gasteiger charge is -2.14. The van der Waals surface area contributed by atoms with Crippen LogP contribution in [0.3, 0.4) is 0 Å². The maximum atomic E-state index is 13.8. The molecule has 1 aromatic heterocycles. The van der Waals surface area contributed by atoms with E-state index in [9.17, 15) is 4.39 Å². The molecule has 0 spiro atoms. The summed E-state index contributed by atoms with van der Waals surface area (Å²) in [5.41, 5.74) is 1.95. The Hall–Kier alpha value is -2.49. The van der Waals surface area contributed by atoms with Gasteiger partial charge in [-0.2, -0.15) is 0 Å². The van der Waals surface area contributed by atoms with Gasteiger partial charge >= 0.3 is 0 Å². The molecule has 6 nitrogen and oxygen atoms in total. The number of guanidine groups is 1. The van der Waals surface area contributed by atoms with Gasteiger partial charge in [-0.1, -0.05) is 55.5 Å².